The minimum absolute atomic E-state index is 0. The summed E-state index contributed by atoms with van der Waals surface area (Å²) in [5, 5.41) is 10.8. The molecule has 0 heterocycles. The highest BCUT2D eigenvalue weighted by Gasteiger charge is 2.16. The van der Waals surface area contributed by atoms with Gasteiger partial charge in [-0.2, -0.15) is 0 Å². The number of benzene rings is 2. The Hall–Kier alpha value is -1.95. The Balaban J connectivity index is 0.00000128. The number of hydrogen-bond donors (Lipinski definition) is 1. The third kappa shape index (κ3) is 4.82. The number of nitro groups is 1. The van der Waals surface area contributed by atoms with Crippen molar-refractivity contribution in [1.82, 2.24) is 0 Å². The maximum Gasteiger partial charge on any atom is 0.288 e. The Kier molecular flexibility index (Phi) is 8.23. The van der Waals surface area contributed by atoms with Crippen LogP contribution in [0.25, 0.3) is 0 Å². The summed E-state index contributed by atoms with van der Waals surface area (Å²) in [7, 11) is 1.50. The van der Waals surface area contributed by atoms with Crippen molar-refractivity contribution in [2.45, 2.75) is 0 Å². The van der Waals surface area contributed by atoms with E-state index in [1.807, 2.05) is 0 Å². The summed E-state index contributed by atoms with van der Waals surface area (Å²) in [6.45, 7) is 0. The number of nitrogens with zero attached hydrogens (tertiary/aromatic N) is 1. The van der Waals surface area contributed by atoms with Gasteiger partial charge < -0.3 is 5.73 Å². The van der Waals surface area contributed by atoms with Crippen molar-refractivity contribution >= 4 is 35.5 Å². The summed E-state index contributed by atoms with van der Waals surface area (Å²) >= 11 is 5.69. The predicted molar refractivity (Wildman–Crippen MR) is 85.3 cm³/mol. The SMILES string of the molecule is CN.Cl.O=C(c1ccccc1)c1ccc(Cl)c([N+](=O)[O-])c1. The monoisotopic (exact) mass is 328 g/mol. The third-order valence-electron chi connectivity index (χ3n) is 2.44. The molecule has 0 radical (unpaired) electrons. The molecule has 0 amide bonds. The molecule has 0 aliphatic carbocycles. The lowest BCUT2D eigenvalue weighted by Crippen LogP contribution is -2.02. The van der Waals surface area contributed by atoms with Crippen LogP contribution in [0.5, 0.6) is 0 Å². The van der Waals surface area contributed by atoms with Gasteiger partial charge in [0.05, 0.1) is 4.92 Å². The number of hydrogen-bond acceptors (Lipinski definition) is 4. The molecular weight excluding hydrogens is 315 g/mol. The minimum Gasteiger partial charge on any atom is -0.333 e. The van der Waals surface area contributed by atoms with Crippen molar-refractivity contribution in [3.8, 4) is 0 Å². The highest BCUT2D eigenvalue weighted by Crippen LogP contribution is 2.26. The fraction of sp³-hybridized carbons (Fsp3) is 0.0714. The number of carbonyl (C=O) groups is 1. The second-order valence-electron chi connectivity index (χ2n) is 3.62. The molecule has 0 aliphatic rings. The highest BCUT2D eigenvalue weighted by atomic mass is 35.5. The Bertz CT molecular complexity index is 619. The maximum atomic E-state index is 12.1. The largest absolute Gasteiger partial charge is 0.333 e. The van der Waals surface area contributed by atoms with E-state index in [9.17, 15) is 14.9 Å². The van der Waals surface area contributed by atoms with E-state index in [1.54, 1.807) is 30.3 Å². The van der Waals surface area contributed by atoms with E-state index in [0.29, 0.717) is 5.56 Å². The molecule has 0 aliphatic heterocycles. The first-order valence-electron chi connectivity index (χ1n) is 5.71. The zero-order chi connectivity index (χ0) is 15.1. The van der Waals surface area contributed by atoms with E-state index >= 15 is 0 Å². The Labute approximate surface area is 133 Å². The van der Waals surface area contributed by atoms with Crippen LogP contribution >= 0.6 is 24.0 Å². The normalized spacial score (nSPS) is 8.90. The molecule has 0 spiro atoms. The standard InChI is InChI=1S/C13H8ClNO3.CH5N.ClH/c14-11-7-6-10(8-12(11)15(17)18)13(16)9-4-2-1-3-5-9;1-2;/h1-8H;2H2,1H3;1H. The summed E-state index contributed by atoms with van der Waals surface area (Å²) < 4.78 is 0. The van der Waals surface area contributed by atoms with E-state index in [1.165, 1.54) is 25.2 Å². The average Bonchev–Trinajstić information content (AvgIpc) is 2.49. The summed E-state index contributed by atoms with van der Waals surface area (Å²) in [6.07, 6.45) is 0. The van der Waals surface area contributed by atoms with Crippen LogP contribution in [0.15, 0.2) is 48.5 Å². The van der Waals surface area contributed by atoms with Gasteiger partial charge in [-0.1, -0.05) is 41.9 Å². The summed E-state index contributed by atoms with van der Waals surface area (Å²) in [5.41, 5.74) is 4.96. The van der Waals surface area contributed by atoms with Gasteiger partial charge in [-0.3, -0.25) is 14.9 Å². The average molecular weight is 329 g/mol. The third-order valence-corrected chi connectivity index (χ3v) is 2.76. The van der Waals surface area contributed by atoms with Crippen LogP contribution in [0.3, 0.4) is 0 Å². The number of rotatable bonds is 3. The summed E-state index contributed by atoms with van der Waals surface area (Å²) in [5.74, 6) is -0.268. The molecule has 0 saturated heterocycles. The van der Waals surface area contributed by atoms with Crippen LogP contribution in [0.4, 0.5) is 5.69 Å². The molecule has 2 aromatic carbocycles. The van der Waals surface area contributed by atoms with Crippen LogP contribution in [-0.2, 0) is 0 Å². The Morgan fingerprint density at radius 2 is 1.67 bits per heavy atom. The summed E-state index contributed by atoms with van der Waals surface area (Å²) in [4.78, 5) is 22.2. The van der Waals surface area contributed by atoms with E-state index < -0.39 is 4.92 Å². The zero-order valence-corrected chi connectivity index (χ0v) is 12.7. The van der Waals surface area contributed by atoms with Gasteiger partial charge >= 0.3 is 0 Å². The number of nitro benzene ring substituents is 1. The smallest absolute Gasteiger partial charge is 0.288 e. The number of halogens is 2. The molecule has 0 fully saturated rings. The van der Waals surface area contributed by atoms with Gasteiger partial charge in [0.1, 0.15) is 5.02 Å². The van der Waals surface area contributed by atoms with E-state index in [-0.39, 0.29) is 34.5 Å². The molecule has 0 unspecified atom stereocenters. The van der Waals surface area contributed by atoms with Crippen LogP contribution in [-0.4, -0.2) is 17.8 Å². The second-order valence-corrected chi connectivity index (χ2v) is 4.03. The number of carbonyl (C=O) groups excluding carboxylic acids is 1. The molecule has 2 N–H and O–H groups in total. The Morgan fingerprint density at radius 3 is 2.19 bits per heavy atom. The van der Waals surface area contributed by atoms with Crippen molar-refractivity contribution in [3.63, 3.8) is 0 Å². The Morgan fingerprint density at radius 1 is 1.10 bits per heavy atom. The van der Waals surface area contributed by atoms with Crippen LogP contribution in [0.1, 0.15) is 15.9 Å². The molecule has 0 aromatic heterocycles. The first-order chi connectivity index (χ1) is 9.59. The molecule has 21 heavy (non-hydrogen) atoms. The highest BCUT2D eigenvalue weighted by molar-refractivity contribution is 6.32. The lowest BCUT2D eigenvalue weighted by molar-refractivity contribution is -0.384. The molecule has 5 nitrogen and oxygen atoms in total. The lowest BCUT2D eigenvalue weighted by Gasteiger charge is -2.02. The van der Waals surface area contributed by atoms with Gasteiger partial charge in [0.25, 0.3) is 5.69 Å². The van der Waals surface area contributed by atoms with E-state index in [0.717, 1.165) is 0 Å². The molecule has 7 heteroatoms. The van der Waals surface area contributed by atoms with E-state index in [4.69, 9.17) is 11.6 Å². The molecular formula is C14H14Cl2N2O3. The van der Waals surface area contributed by atoms with Gasteiger partial charge in [0, 0.05) is 17.2 Å². The molecule has 0 atom stereocenters. The van der Waals surface area contributed by atoms with E-state index in [2.05, 4.69) is 5.73 Å². The summed E-state index contributed by atoms with van der Waals surface area (Å²) in [6, 6.07) is 12.6. The van der Waals surface area contributed by atoms with Gasteiger partial charge in [0.2, 0.25) is 0 Å². The first-order valence-corrected chi connectivity index (χ1v) is 6.09. The van der Waals surface area contributed by atoms with Crippen LogP contribution in [0, 0.1) is 10.1 Å². The quantitative estimate of drug-likeness (QED) is 0.531. The molecule has 0 saturated carbocycles. The molecule has 2 aromatic rings. The van der Waals surface area contributed by atoms with Crippen LogP contribution < -0.4 is 5.73 Å². The fourth-order valence-electron chi connectivity index (χ4n) is 1.55. The van der Waals surface area contributed by atoms with Crippen LogP contribution in [0.2, 0.25) is 5.02 Å². The maximum absolute atomic E-state index is 12.1. The van der Waals surface area contributed by atoms with Crippen molar-refractivity contribution in [3.05, 3.63) is 74.8 Å². The van der Waals surface area contributed by atoms with Gasteiger partial charge in [-0.15, -0.1) is 12.4 Å². The van der Waals surface area contributed by atoms with Crippen molar-refractivity contribution in [2.24, 2.45) is 5.73 Å². The fourth-order valence-corrected chi connectivity index (χ4v) is 1.74. The number of nitrogens with two attached hydrogens (primary N) is 1. The number of ketones is 1. The molecule has 0 bridgehead atoms. The van der Waals surface area contributed by atoms with Crippen molar-refractivity contribution < 1.29 is 9.72 Å². The topological polar surface area (TPSA) is 86.2 Å². The molecule has 112 valence electrons. The van der Waals surface area contributed by atoms with Gasteiger partial charge in [0.15, 0.2) is 5.78 Å². The second kappa shape index (κ2) is 9.07. The van der Waals surface area contributed by atoms with Crippen molar-refractivity contribution in [2.75, 3.05) is 7.05 Å². The first kappa shape index (κ1) is 19.1. The lowest BCUT2D eigenvalue weighted by atomic mass is 10.0. The van der Waals surface area contributed by atoms with Crippen molar-refractivity contribution in [1.29, 1.82) is 0 Å². The zero-order valence-electron chi connectivity index (χ0n) is 11.2. The van der Waals surface area contributed by atoms with Gasteiger partial charge in [-0.05, 0) is 19.2 Å². The predicted octanol–water partition coefficient (Wildman–Crippen LogP) is 3.48. The van der Waals surface area contributed by atoms with Gasteiger partial charge in [-0.25, -0.2) is 0 Å². The molecule has 2 rings (SSSR count). The minimum atomic E-state index is -0.607.